The van der Waals surface area contributed by atoms with Crippen LogP contribution in [0.3, 0.4) is 0 Å². The Labute approximate surface area is 381 Å². The van der Waals surface area contributed by atoms with E-state index in [2.05, 4.69) is 21.9 Å². The van der Waals surface area contributed by atoms with E-state index in [4.69, 9.17) is 21.4 Å². The van der Waals surface area contributed by atoms with Gasteiger partial charge < -0.3 is 9.64 Å². The van der Waals surface area contributed by atoms with Gasteiger partial charge in [0.25, 0.3) is 10.1 Å². The Morgan fingerprint density at radius 3 is 2.14 bits per heavy atom. The Kier molecular flexibility index (Phi) is 14.3. The van der Waals surface area contributed by atoms with E-state index in [1.165, 1.54) is 68.6 Å². The van der Waals surface area contributed by atoms with Gasteiger partial charge in [-0.1, -0.05) is 88.7 Å². The van der Waals surface area contributed by atoms with Crippen LogP contribution >= 0.6 is 11.6 Å². The summed E-state index contributed by atoms with van der Waals surface area (Å²) in [5.74, 6) is 0.398. The molecule has 338 valence electrons. The first-order valence-electron chi connectivity index (χ1n) is 22.4. The molecule has 5 aromatic rings. The van der Waals surface area contributed by atoms with E-state index in [0.717, 1.165) is 75.5 Å². The number of hydrogen-bond acceptors (Lipinski definition) is 9. The Bertz CT molecular complexity index is 2720. The zero-order valence-corrected chi connectivity index (χ0v) is 38.3. The summed E-state index contributed by atoms with van der Waals surface area (Å²) in [7, 11) is -9.96. The number of aryl methyl sites for hydroxylation is 1. The van der Waals surface area contributed by atoms with Crippen molar-refractivity contribution in [3.05, 3.63) is 130 Å². The number of ether oxygens (including phenoxy) is 1. The van der Waals surface area contributed by atoms with Crippen LogP contribution in [0.5, 0.6) is 5.75 Å². The van der Waals surface area contributed by atoms with Gasteiger partial charge in [0, 0.05) is 40.4 Å². The molecule has 0 bridgehead atoms. The van der Waals surface area contributed by atoms with Crippen LogP contribution in [0.2, 0.25) is 5.02 Å². The molecule has 2 saturated heterocycles. The summed E-state index contributed by atoms with van der Waals surface area (Å²) in [6.07, 6.45) is 10.8. The molecule has 0 aliphatic carbocycles. The van der Waals surface area contributed by atoms with Crippen LogP contribution in [-0.2, 0) is 33.1 Å². The fraction of sp³-hybridized carbons (Fsp3) is 0.388. The largest absolute Gasteiger partial charge is 0.494 e. The molecule has 0 aromatic heterocycles. The van der Waals surface area contributed by atoms with Crippen molar-refractivity contribution in [1.82, 2.24) is 14.4 Å². The molecular weight excluding hydrogens is 872 g/mol. The third-order valence-electron chi connectivity index (χ3n) is 12.9. The number of carbonyl (C=O) groups is 1. The van der Waals surface area contributed by atoms with Crippen LogP contribution < -0.4 is 9.33 Å². The molecule has 3 heterocycles. The summed E-state index contributed by atoms with van der Waals surface area (Å²) in [6.45, 7) is 5.73. The van der Waals surface area contributed by atoms with Gasteiger partial charge >= 0.3 is 16.0 Å². The number of halogens is 1. The number of benzene rings is 5. The number of hydrogen-bond donors (Lipinski definition) is 2. The molecule has 12 nitrogen and oxygen atoms in total. The van der Waals surface area contributed by atoms with Crippen LogP contribution in [0.4, 0.5) is 5.69 Å². The number of nitrogens with zero attached hydrogens (tertiary/aromatic N) is 4. The predicted octanol–water partition coefficient (Wildman–Crippen LogP) is 9.23. The molecule has 8 rings (SSSR count). The summed E-state index contributed by atoms with van der Waals surface area (Å²) < 4.78 is 78.7. The summed E-state index contributed by atoms with van der Waals surface area (Å²) in [5, 5.41) is 5.52. The Morgan fingerprint density at radius 1 is 0.703 bits per heavy atom. The maximum Gasteiger partial charge on any atom is 0.377 e. The SMILES string of the molecule is O=C1c2ccccc2C(Cc2ccc(Cl)cc2)=N[N+]1(C[C@H]1CCCN1CCCCc1ccc(OCCCN2CCCCCC2)cc1)c1ccc2c(S(=O)(=O)O)cccc2c1S(=O)(=O)O. The minimum Gasteiger partial charge on any atom is -0.494 e. The molecule has 2 atom stereocenters. The van der Waals surface area contributed by atoms with Gasteiger partial charge in [0.05, 0.1) is 18.2 Å². The molecule has 0 saturated carbocycles. The Hall–Kier alpha value is -4.51. The third-order valence-corrected chi connectivity index (χ3v) is 15.0. The van der Waals surface area contributed by atoms with Crippen molar-refractivity contribution in [2.45, 2.75) is 86.5 Å². The highest BCUT2D eigenvalue weighted by atomic mass is 35.5. The quantitative estimate of drug-likeness (QED) is 0.0524. The van der Waals surface area contributed by atoms with E-state index < -0.39 is 40.5 Å². The standard InChI is InChI=1S/C49H55ClN4O8S2/c50-38-22-18-37(19-23-38)34-45-41-14-3-4-15-44(41)49(55)54(51-45,46-27-26-42-43(48(46)64(59,60)61)16-9-17-47(42)63(56,57)58)35-39-13-10-32-53(39)31-8-5-12-36-20-24-40(25-21-36)62-33-11-30-52-28-6-1-2-7-29-52/h3-4,9,14-27,39H,1-2,5-8,10-13,28-35H2,(H-,56,57,58,59,60,61)/p+1/t39-,54?/m1/s1. The monoisotopic (exact) mass is 927 g/mol. The Morgan fingerprint density at radius 2 is 1.42 bits per heavy atom. The first-order chi connectivity index (χ1) is 30.8. The fourth-order valence-electron chi connectivity index (χ4n) is 9.75. The number of likely N-dealkylation sites (tertiary alicyclic amines) is 2. The van der Waals surface area contributed by atoms with Crippen LogP contribution in [0.25, 0.3) is 10.8 Å². The van der Waals surface area contributed by atoms with Gasteiger partial charge in [0.15, 0.2) is 10.6 Å². The molecular formula is C49H56ClN4O8S2+. The predicted molar refractivity (Wildman–Crippen MR) is 252 cm³/mol. The topological polar surface area (TPSA) is 154 Å². The third kappa shape index (κ3) is 10.5. The minimum atomic E-state index is -5.15. The van der Waals surface area contributed by atoms with E-state index in [9.17, 15) is 25.9 Å². The van der Waals surface area contributed by atoms with Gasteiger partial charge in [-0.2, -0.15) is 16.8 Å². The molecule has 5 aromatic carbocycles. The van der Waals surface area contributed by atoms with Gasteiger partial charge in [-0.3, -0.25) is 14.0 Å². The average Bonchev–Trinajstić information content (AvgIpc) is 3.54. The summed E-state index contributed by atoms with van der Waals surface area (Å²) in [5.41, 5.74) is 3.44. The first kappa shape index (κ1) is 46.0. The molecule has 3 aliphatic heterocycles. The molecule has 0 radical (unpaired) electrons. The van der Waals surface area contributed by atoms with Crippen molar-refractivity contribution in [1.29, 1.82) is 0 Å². The van der Waals surface area contributed by atoms with Crippen molar-refractivity contribution in [2.24, 2.45) is 5.10 Å². The molecule has 2 N–H and O–H groups in total. The van der Waals surface area contributed by atoms with E-state index >= 15 is 4.79 Å². The van der Waals surface area contributed by atoms with Crippen LogP contribution in [0.1, 0.15) is 84.8 Å². The van der Waals surface area contributed by atoms with Gasteiger partial charge in [-0.05, 0) is 131 Å². The molecule has 2 fully saturated rings. The lowest BCUT2D eigenvalue weighted by Gasteiger charge is -2.38. The zero-order valence-electron chi connectivity index (χ0n) is 35.9. The molecule has 15 heteroatoms. The molecule has 1 unspecified atom stereocenters. The van der Waals surface area contributed by atoms with E-state index in [-0.39, 0.29) is 35.5 Å². The van der Waals surface area contributed by atoms with Gasteiger partial charge in [0.2, 0.25) is 0 Å². The molecule has 64 heavy (non-hydrogen) atoms. The van der Waals surface area contributed by atoms with Gasteiger partial charge in [0.1, 0.15) is 22.9 Å². The average molecular weight is 929 g/mol. The van der Waals surface area contributed by atoms with Crippen molar-refractivity contribution in [3.8, 4) is 5.75 Å². The van der Waals surface area contributed by atoms with Crippen molar-refractivity contribution >= 4 is 59.9 Å². The number of fused-ring (bicyclic) bond motifs is 2. The normalized spacial score (nSPS) is 20.0. The molecule has 3 aliphatic rings. The number of unbranched alkanes of at least 4 members (excludes halogenated alkanes) is 1. The maximum atomic E-state index is 15.3. The lowest BCUT2D eigenvalue weighted by molar-refractivity contribution is 0.0707. The van der Waals surface area contributed by atoms with Crippen molar-refractivity contribution in [3.63, 3.8) is 0 Å². The molecule has 0 spiro atoms. The highest BCUT2D eigenvalue weighted by Crippen LogP contribution is 2.43. The number of amides is 1. The molecule has 1 amide bonds. The van der Waals surface area contributed by atoms with Crippen LogP contribution in [-0.4, -0.2) is 99.3 Å². The van der Waals surface area contributed by atoms with E-state index in [1.54, 1.807) is 24.3 Å². The lowest BCUT2D eigenvalue weighted by atomic mass is 9.94. The number of rotatable bonds is 17. The second-order valence-corrected chi connectivity index (χ2v) is 20.4. The maximum absolute atomic E-state index is 15.3. The van der Waals surface area contributed by atoms with Gasteiger partial charge in [-0.15, -0.1) is 0 Å². The first-order valence-corrected chi connectivity index (χ1v) is 25.6. The lowest BCUT2D eigenvalue weighted by Crippen LogP contribution is -2.59. The summed E-state index contributed by atoms with van der Waals surface area (Å²) in [4.78, 5) is 19.0. The smallest absolute Gasteiger partial charge is 0.377 e. The second-order valence-electron chi connectivity index (χ2n) is 17.3. The summed E-state index contributed by atoms with van der Waals surface area (Å²) in [6, 6.07) is 29.0. The van der Waals surface area contributed by atoms with E-state index in [0.29, 0.717) is 28.5 Å². The fourth-order valence-corrected chi connectivity index (χ4v) is 11.5. The number of quaternary nitrogens is 1. The minimum absolute atomic E-state index is 0.0444. The zero-order chi connectivity index (χ0) is 44.9. The highest BCUT2D eigenvalue weighted by Gasteiger charge is 2.52. The van der Waals surface area contributed by atoms with Crippen LogP contribution in [0, 0.1) is 0 Å². The van der Waals surface area contributed by atoms with Crippen LogP contribution in [0.15, 0.2) is 118 Å². The van der Waals surface area contributed by atoms with Crippen molar-refractivity contribution in [2.75, 3.05) is 45.9 Å². The second kappa shape index (κ2) is 19.9. The highest BCUT2D eigenvalue weighted by molar-refractivity contribution is 7.86. The van der Waals surface area contributed by atoms with E-state index in [1.807, 2.05) is 36.4 Å². The summed E-state index contributed by atoms with van der Waals surface area (Å²) >= 11 is 6.24. The Balaban J connectivity index is 1.06. The van der Waals surface area contributed by atoms with Gasteiger partial charge in [-0.25, -0.2) is 4.79 Å². The number of carbonyl (C=O) groups excluding carboxylic acids is 1. The van der Waals surface area contributed by atoms with Crippen molar-refractivity contribution < 1.29 is 35.5 Å².